The first-order chi connectivity index (χ1) is 12.4. The van der Waals surface area contributed by atoms with Crippen molar-refractivity contribution in [1.82, 2.24) is 14.8 Å². The van der Waals surface area contributed by atoms with Gasteiger partial charge in [0.2, 0.25) is 0 Å². The zero-order valence-corrected chi connectivity index (χ0v) is 15.5. The molecule has 0 atom stereocenters. The number of benzene rings is 1. The van der Waals surface area contributed by atoms with Gasteiger partial charge in [-0.05, 0) is 76.3 Å². The number of aromatic nitrogens is 3. The van der Waals surface area contributed by atoms with Gasteiger partial charge in [0.05, 0.1) is 22.5 Å². The van der Waals surface area contributed by atoms with E-state index in [2.05, 4.69) is 11.2 Å². The Morgan fingerprint density at radius 1 is 1.15 bits per heavy atom. The highest BCUT2D eigenvalue weighted by molar-refractivity contribution is 6.03. The van der Waals surface area contributed by atoms with Crippen molar-refractivity contribution in [2.75, 3.05) is 0 Å². The Morgan fingerprint density at radius 3 is 2.73 bits per heavy atom. The summed E-state index contributed by atoms with van der Waals surface area (Å²) in [5.74, 6) is -0.332. The largest absolute Gasteiger partial charge is 0.456 e. The lowest BCUT2D eigenvalue weighted by atomic mass is 9.99. The molecule has 5 nitrogen and oxygen atoms in total. The maximum Gasteiger partial charge on any atom is 0.339 e. The highest BCUT2D eigenvalue weighted by atomic mass is 16.6. The number of hydrogen-bond donors (Lipinski definition) is 0. The van der Waals surface area contributed by atoms with E-state index >= 15 is 0 Å². The third-order valence-corrected chi connectivity index (χ3v) is 4.60. The molecule has 0 amide bonds. The third-order valence-electron chi connectivity index (χ3n) is 4.60. The molecule has 4 rings (SSSR count). The number of pyridine rings is 1. The number of carbonyl (C=O) groups excluding carboxylic acids is 1. The molecule has 0 bridgehead atoms. The first-order valence-electron chi connectivity index (χ1n) is 9.11. The predicted octanol–water partition coefficient (Wildman–Crippen LogP) is 4.25. The number of aryl methyl sites for hydroxylation is 2. The smallest absolute Gasteiger partial charge is 0.339 e. The van der Waals surface area contributed by atoms with Crippen LogP contribution in [0.5, 0.6) is 0 Å². The standard InChI is InChI=1S/C21H23N3O2/c1-21(2,3)26-20(25)16-10-11-22-19-9-8-15(12-17(16)19)24-13-14-6-4-5-7-18(14)23-24/h8-13H,4-7H2,1-3H3. The van der Waals surface area contributed by atoms with Crippen LogP contribution in [0.25, 0.3) is 16.6 Å². The minimum Gasteiger partial charge on any atom is -0.456 e. The first-order valence-corrected chi connectivity index (χ1v) is 9.11. The lowest BCUT2D eigenvalue weighted by Gasteiger charge is -2.20. The molecule has 2 heterocycles. The van der Waals surface area contributed by atoms with E-state index in [9.17, 15) is 4.79 Å². The SMILES string of the molecule is CC(C)(C)OC(=O)c1ccnc2ccc(-n3cc4c(n3)CCCC4)cc12. The molecular formula is C21H23N3O2. The van der Waals surface area contributed by atoms with Gasteiger partial charge in [0.15, 0.2) is 0 Å². The van der Waals surface area contributed by atoms with Gasteiger partial charge in [-0.3, -0.25) is 4.98 Å². The van der Waals surface area contributed by atoms with Crippen molar-refractivity contribution in [3.05, 3.63) is 53.5 Å². The zero-order chi connectivity index (χ0) is 18.3. The van der Waals surface area contributed by atoms with Crippen LogP contribution in [0.2, 0.25) is 0 Å². The summed E-state index contributed by atoms with van der Waals surface area (Å²) in [7, 11) is 0. The lowest BCUT2D eigenvalue weighted by Crippen LogP contribution is -2.24. The third kappa shape index (κ3) is 3.21. The van der Waals surface area contributed by atoms with Crippen LogP contribution in [0.3, 0.4) is 0 Å². The van der Waals surface area contributed by atoms with Crippen LogP contribution in [0.15, 0.2) is 36.7 Å². The summed E-state index contributed by atoms with van der Waals surface area (Å²) >= 11 is 0. The van der Waals surface area contributed by atoms with Gasteiger partial charge < -0.3 is 4.74 Å². The average Bonchev–Trinajstić information content (AvgIpc) is 3.03. The molecule has 0 saturated heterocycles. The quantitative estimate of drug-likeness (QED) is 0.649. The molecule has 1 aliphatic carbocycles. The number of rotatable bonds is 2. The topological polar surface area (TPSA) is 57.0 Å². The predicted molar refractivity (Wildman–Crippen MR) is 101 cm³/mol. The molecular weight excluding hydrogens is 326 g/mol. The Bertz CT molecular complexity index is 959. The fourth-order valence-corrected chi connectivity index (χ4v) is 3.39. The lowest BCUT2D eigenvalue weighted by molar-refractivity contribution is 0.00718. The molecule has 1 aliphatic rings. The molecule has 0 aliphatic heterocycles. The summed E-state index contributed by atoms with van der Waals surface area (Å²) in [6.45, 7) is 5.61. The second-order valence-electron chi connectivity index (χ2n) is 7.81. The van der Waals surface area contributed by atoms with E-state index in [0.717, 1.165) is 29.4 Å². The van der Waals surface area contributed by atoms with Gasteiger partial charge >= 0.3 is 5.97 Å². The number of nitrogens with zero attached hydrogens (tertiary/aromatic N) is 3. The highest BCUT2D eigenvalue weighted by Gasteiger charge is 2.20. The van der Waals surface area contributed by atoms with Gasteiger partial charge in [0.1, 0.15) is 5.60 Å². The van der Waals surface area contributed by atoms with Crippen LogP contribution in [0.1, 0.15) is 55.2 Å². The van der Waals surface area contributed by atoms with Crippen LogP contribution >= 0.6 is 0 Å². The molecule has 0 fully saturated rings. The Hall–Kier alpha value is -2.69. The Balaban J connectivity index is 1.77. The summed E-state index contributed by atoms with van der Waals surface area (Å²) in [5.41, 5.74) is 4.22. The monoisotopic (exact) mass is 349 g/mol. The molecule has 0 radical (unpaired) electrons. The van der Waals surface area contributed by atoms with Crippen LogP contribution < -0.4 is 0 Å². The van der Waals surface area contributed by atoms with Crippen LogP contribution in [-0.4, -0.2) is 26.3 Å². The Labute approximate surface area is 153 Å². The van der Waals surface area contributed by atoms with E-state index in [-0.39, 0.29) is 5.97 Å². The van der Waals surface area contributed by atoms with E-state index in [0.29, 0.717) is 5.56 Å². The van der Waals surface area contributed by atoms with Crippen molar-refractivity contribution < 1.29 is 9.53 Å². The van der Waals surface area contributed by atoms with E-state index in [1.807, 2.05) is 43.7 Å². The molecule has 5 heteroatoms. The first kappa shape index (κ1) is 16.8. The minimum atomic E-state index is -0.536. The minimum absolute atomic E-state index is 0.332. The highest BCUT2D eigenvalue weighted by Crippen LogP contribution is 2.25. The van der Waals surface area contributed by atoms with Crippen LogP contribution in [0.4, 0.5) is 0 Å². The van der Waals surface area contributed by atoms with E-state index < -0.39 is 5.60 Å². The maximum atomic E-state index is 12.6. The zero-order valence-electron chi connectivity index (χ0n) is 15.5. The molecule has 0 saturated carbocycles. The number of fused-ring (bicyclic) bond motifs is 2. The van der Waals surface area contributed by atoms with E-state index in [1.54, 1.807) is 12.3 Å². The van der Waals surface area contributed by atoms with Crippen molar-refractivity contribution in [3.63, 3.8) is 0 Å². The maximum absolute atomic E-state index is 12.6. The summed E-state index contributed by atoms with van der Waals surface area (Å²) in [4.78, 5) is 17.0. The average molecular weight is 349 g/mol. The molecule has 0 unspecified atom stereocenters. The van der Waals surface area contributed by atoms with E-state index in [1.165, 1.54) is 24.1 Å². The molecule has 134 valence electrons. The molecule has 0 N–H and O–H groups in total. The van der Waals surface area contributed by atoms with Crippen molar-refractivity contribution >= 4 is 16.9 Å². The second kappa shape index (κ2) is 6.24. The fraction of sp³-hybridized carbons (Fsp3) is 0.381. The fourth-order valence-electron chi connectivity index (χ4n) is 3.39. The van der Waals surface area contributed by atoms with Gasteiger partial charge in [0.25, 0.3) is 0 Å². The van der Waals surface area contributed by atoms with Crippen molar-refractivity contribution in [1.29, 1.82) is 0 Å². The Morgan fingerprint density at radius 2 is 1.96 bits per heavy atom. The molecule has 2 aromatic heterocycles. The van der Waals surface area contributed by atoms with Gasteiger partial charge in [-0.25, -0.2) is 9.48 Å². The number of hydrogen-bond acceptors (Lipinski definition) is 4. The van der Waals surface area contributed by atoms with Gasteiger partial charge in [0, 0.05) is 17.8 Å². The molecule has 0 spiro atoms. The summed E-state index contributed by atoms with van der Waals surface area (Å²) in [5, 5.41) is 5.53. The van der Waals surface area contributed by atoms with Crippen LogP contribution in [0, 0.1) is 0 Å². The molecule has 1 aromatic carbocycles. The second-order valence-corrected chi connectivity index (χ2v) is 7.81. The molecule has 3 aromatic rings. The summed E-state index contributed by atoms with van der Waals surface area (Å²) in [6.07, 6.45) is 8.32. The Kier molecular flexibility index (Phi) is 4.02. The normalized spacial score (nSPS) is 14.3. The number of esters is 1. The summed E-state index contributed by atoms with van der Waals surface area (Å²) in [6, 6.07) is 7.61. The number of ether oxygens (including phenoxy) is 1. The van der Waals surface area contributed by atoms with Gasteiger partial charge in [-0.1, -0.05) is 0 Å². The van der Waals surface area contributed by atoms with E-state index in [4.69, 9.17) is 9.84 Å². The van der Waals surface area contributed by atoms with Crippen LogP contribution in [-0.2, 0) is 17.6 Å². The number of carbonyl (C=O) groups is 1. The van der Waals surface area contributed by atoms with Crippen molar-refractivity contribution in [2.24, 2.45) is 0 Å². The van der Waals surface area contributed by atoms with Gasteiger partial charge in [-0.15, -0.1) is 0 Å². The van der Waals surface area contributed by atoms with Crippen molar-refractivity contribution in [2.45, 2.75) is 52.1 Å². The van der Waals surface area contributed by atoms with Crippen molar-refractivity contribution in [3.8, 4) is 5.69 Å². The summed E-state index contributed by atoms with van der Waals surface area (Å²) < 4.78 is 7.47. The van der Waals surface area contributed by atoms with Gasteiger partial charge in [-0.2, -0.15) is 5.10 Å². The molecule has 26 heavy (non-hydrogen) atoms.